The molecule has 0 aliphatic rings. The van der Waals surface area contributed by atoms with Gasteiger partial charge in [-0.25, -0.2) is 0 Å². The largest absolute Gasteiger partial charge is 0.480 e. The smallest absolute Gasteiger partial charge is 0.321 e. The van der Waals surface area contributed by atoms with Crippen LogP contribution in [0.15, 0.2) is 0 Å². The summed E-state index contributed by atoms with van der Waals surface area (Å²) in [5.74, 6) is -0.188. The Kier molecular flexibility index (Phi) is 20.3. The van der Waals surface area contributed by atoms with Gasteiger partial charge in [0, 0.05) is 24.3 Å². The molecule has 4 atom stereocenters. The fourth-order valence-corrected chi connectivity index (χ4v) is 2.91. The van der Waals surface area contributed by atoms with E-state index in [1.54, 1.807) is 11.4 Å². The van der Waals surface area contributed by atoms with E-state index in [4.69, 9.17) is 5.11 Å². The van der Waals surface area contributed by atoms with Gasteiger partial charge in [0.1, 0.15) is 6.04 Å². The maximum Gasteiger partial charge on any atom is 0.321 e. The maximum absolute atomic E-state index is 10.3. The molecular weight excluding hydrogens is 270 g/mol. The Bertz CT molecular complexity index is 120. The first-order valence-electron chi connectivity index (χ1n) is 2.48. The van der Waals surface area contributed by atoms with Crippen molar-refractivity contribution < 1.29 is 28.5 Å². The van der Waals surface area contributed by atoms with Crippen LogP contribution >= 0.6 is 37.2 Å². The molecule has 0 aliphatic carbocycles. The summed E-state index contributed by atoms with van der Waals surface area (Å²) in [5, 5.41) is 11.1. The summed E-state index contributed by atoms with van der Waals surface area (Å²) >= 11 is 1.60. The van der Waals surface area contributed by atoms with Crippen LogP contribution in [0.1, 0.15) is 7.43 Å². The molecule has 0 bridgehead atoms. The molecule has 4 unspecified atom stereocenters. The van der Waals surface area contributed by atoms with E-state index in [0.717, 1.165) is 0 Å². The average molecular weight is 284 g/mol. The molecule has 0 rings (SSSR count). The van der Waals surface area contributed by atoms with Gasteiger partial charge in [-0.1, -0.05) is 16.8 Å². The van der Waals surface area contributed by atoms with E-state index in [1.807, 2.05) is 0 Å². The first-order chi connectivity index (χ1) is 4.72. The number of carboxylic acid groups (broad SMARTS) is 1. The molecule has 12 heavy (non-hydrogen) atoms. The molecule has 0 saturated carbocycles. The van der Waals surface area contributed by atoms with Gasteiger partial charge in [-0.05, 0) is 7.47 Å². The van der Waals surface area contributed by atoms with Crippen LogP contribution in [0.5, 0.6) is 0 Å². The second kappa shape index (κ2) is 12.7. The van der Waals surface area contributed by atoms with Gasteiger partial charge in [-0.3, -0.25) is 9.88 Å². The van der Waals surface area contributed by atoms with Crippen molar-refractivity contribution in [1.29, 1.82) is 0 Å². The molecule has 73 valence electrons. The van der Waals surface area contributed by atoms with Crippen molar-refractivity contribution in [3.63, 3.8) is 0 Å². The molecule has 0 amide bonds. The van der Waals surface area contributed by atoms with E-state index in [-0.39, 0.29) is 26.0 Å². The molecule has 0 heterocycles. The number of nitrogens with one attached hydrogen (secondary N) is 1. The summed E-state index contributed by atoms with van der Waals surface area (Å²) in [7, 11) is 5.44. The number of hydrogen-bond acceptors (Lipinski definition) is 3. The van der Waals surface area contributed by atoms with Crippen LogP contribution in [-0.2, 0) is 23.4 Å². The van der Waals surface area contributed by atoms with Crippen LogP contribution in [0.3, 0.4) is 0 Å². The molecule has 0 saturated heterocycles. The number of aliphatic carboxylic acids is 1. The minimum absolute atomic E-state index is 0. The van der Waals surface area contributed by atoms with E-state index >= 15 is 0 Å². The molecule has 8 heteroatoms. The summed E-state index contributed by atoms with van der Waals surface area (Å²) in [6, 6.07) is -0.442. The summed E-state index contributed by atoms with van der Waals surface area (Å²) in [5.41, 5.74) is 0. The van der Waals surface area contributed by atoms with Gasteiger partial charge >= 0.3 is 5.97 Å². The van der Waals surface area contributed by atoms with Crippen LogP contribution in [-0.4, -0.2) is 22.9 Å². The second-order valence-corrected chi connectivity index (χ2v) is 6.37. The first kappa shape index (κ1) is 19.3. The van der Waals surface area contributed by atoms with Crippen molar-refractivity contribution in [2.24, 2.45) is 0 Å². The molecule has 2 N–H and O–H groups in total. The average Bonchev–Trinajstić information content (AvgIpc) is 1.89. The van der Waals surface area contributed by atoms with E-state index in [1.165, 1.54) is 0 Å². The number of carbonyl (C=O) groups is 1. The van der Waals surface area contributed by atoms with Gasteiger partial charge in [0.05, 0.1) is 0 Å². The topological polar surface area (TPSA) is 49.3 Å². The van der Waals surface area contributed by atoms with Crippen molar-refractivity contribution in [3.8, 4) is 0 Å². The summed E-state index contributed by atoms with van der Waals surface area (Å²) in [6.07, 6.45) is 0. The molecule has 1 radical (unpaired) electrons. The molecule has 0 aromatic carbocycles. The van der Waals surface area contributed by atoms with Gasteiger partial charge in [-0.15, -0.1) is 20.3 Å². The quantitative estimate of drug-likeness (QED) is 0.752. The van der Waals surface area contributed by atoms with Crippen LogP contribution in [0.25, 0.3) is 0 Å². The SMILES string of the molecule is C.O=C(O)C(CSPP)NP.[V]. The Morgan fingerprint density at radius 1 is 1.75 bits per heavy atom. The van der Waals surface area contributed by atoms with Crippen molar-refractivity contribution in [3.05, 3.63) is 0 Å². The predicted molar refractivity (Wildman–Crippen MR) is 61.5 cm³/mol. The Balaban J connectivity index is -0.000000405. The van der Waals surface area contributed by atoms with Gasteiger partial charge < -0.3 is 5.11 Å². The fourth-order valence-electron chi connectivity index (χ4n) is 0.322. The molecule has 0 fully saturated rings. The number of rotatable bonds is 5. The van der Waals surface area contributed by atoms with Gasteiger partial charge in [0.25, 0.3) is 0 Å². The maximum atomic E-state index is 10.3. The molecule has 0 aromatic heterocycles. The minimum Gasteiger partial charge on any atom is -0.480 e. The van der Waals surface area contributed by atoms with E-state index in [0.29, 0.717) is 13.2 Å². The summed E-state index contributed by atoms with van der Waals surface area (Å²) in [6.45, 7) is 0. The van der Waals surface area contributed by atoms with Crippen LogP contribution < -0.4 is 5.09 Å². The van der Waals surface area contributed by atoms with E-state index in [2.05, 4.69) is 23.4 Å². The zero-order valence-electron chi connectivity index (χ0n) is 5.65. The number of hydrogen-bond donors (Lipinski definition) is 2. The monoisotopic (exact) mass is 284 g/mol. The Labute approximate surface area is 95.8 Å². The minimum atomic E-state index is -0.800. The molecular formula is C4H14NO2P3SV. The Morgan fingerprint density at radius 2 is 2.25 bits per heavy atom. The zero-order valence-corrected chi connectivity index (χ0v) is 11.2. The Hall–Kier alpha value is 1.65. The van der Waals surface area contributed by atoms with Gasteiger partial charge in [0.2, 0.25) is 0 Å². The second-order valence-electron chi connectivity index (χ2n) is 1.49. The van der Waals surface area contributed by atoms with E-state index < -0.39 is 12.0 Å². The van der Waals surface area contributed by atoms with Crippen molar-refractivity contribution >= 4 is 43.1 Å². The molecule has 0 aromatic rings. The summed E-state index contributed by atoms with van der Waals surface area (Å²) in [4.78, 5) is 10.3. The van der Waals surface area contributed by atoms with Crippen LogP contribution in [0.2, 0.25) is 0 Å². The first-order valence-corrected chi connectivity index (χ1v) is 7.58. The fraction of sp³-hybridized carbons (Fsp3) is 0.750. The van der Waals surface area contributed by atoms with Crippen LogP contribution in [0.4, 0.5) is 0 Å². The Morgan fingerprint density at radius 3 is 2.50 bits per heavy atom. The predicted octanol–water partition coefficient (Wildman–Crippen LogP) is 1.57. The third kappa shape index (κ3) is 9.74. The van der Waals surface area contributed by atoms with Crippen molar-refractivity contribution in [1.82, 2.24) is 5.09 Å². The summed E-state index contributed by atoms with van der Waals surface area (Å²) < 4.78 is 0. The van der Waals surface area contributed by atoms with Crippen molar-refractivity contribution in [2.75, 3.05) is 5.75 Å². The van der Waals surface area contributed by atoms with Gasteiger partial charge in [-0.2, -0.15) is 0 Å². The van der Waals surface area contributed by atoms with Crippen molar-refractivity contribution in [2.45, 2.75) is 13.5 Å². The standard InChI is InChI=1S/C3H10NO2P3S.CH4.V/c5-3(6)2(4-7)1-10-9-8;;/h2,4,9H,1,7-8H2,(H,5,6);1H4;. The van der Waals surface area contributed by atoms with E-state index in [9.17, 15) is 4.79 Å². The molecule has 3 nitrogen and oxygen atoms in total. The third-order valence-corrected chi connectivity index (χ3v) is 4.40. The zero-order chi connectivity index (χ0) is 7.98. The van der Waals surface area contributed by atoms with Gasteiger partial charge in [0.15, 0.2) is 0 Å². The van der Waals surface area contributed by atoms with Crippen LogP contribution in [0, 0.1) is 0 Å². The normalized spacial score (nSPS) is 11.8. The third-order valence-electron chi connectivity index (χ3n) is 0.833. The number of carboxylic acids is 1. The molecule has 0 spiro atoms. The molecule has 0 aliphatic heterocycles.